The number of hydrogen-bond acceptors (Lipinski definition) is 6. The number of rotatable bonds is 3. The van der Waals surface area contributed by atoms with Crippen molar-refractivity contribution < 1.29 is 18.3 Å². The van der Waals surface area contributed by atoms with Gasteiger partial charge in [-0.3, -0.25) is 10.2 Å². The summed E-state index contributed by atoms with van der Waals surface area (Å²) in [6, 6.07) is 12.8. The third-order valence-electron chi connectivity index (χ3n) is 4.26. The van der Waals surface area contributed by atoms with Gasteiger partial charge in [-0.1, -0.05) is 24.3 Å². The van der Waals surface area contributed by atoms with E-state index < -0.39 is 10.2 Å². The van der Waals surface area contributed by atoms with Gasteiger partial charge in [-0.2, -0.15) is 4.21 Å². The predicted octanol–water partition coefficient (Wildman–Crippen LogP) is 2.56. The minimum Gasteiger partial charge on any atom is -0.494 e. The molecule has 0 saturated carbocycles. The molecule has 136 valence electrons. The van der Waals surface area contributed by atoms with E-state index in [0.29, 0.717) is 22.4 Å². The fourth-order valence-corrected chi connectivity index (χ4v) is 3.56. The smallest absolute Gasteiger partial charge is 0.270 e. The van der Waals surface area contributed by atoms with Crippen molar-refractivity contribution in [1.29, 1.82) is 10.2 Å². The third-order valence-corrected chi connectivity index (χ3v) is 4.70. The van der Waals surface area contributed by atoms with Gasteiger partial charge in [0.05, 0.1) is 22.5 Å². The lowest BCUT2D eigenvalue weighted by atomic mass is 9.84. The Kier molecular flexibility index (Phi) is 3.65. The van der Waals surface area contributed by atoms with Crippen LogP contribution < -0.4 is 9.32 Å². The minimum atomic E-state index is -3.64. The van der Waals surface area contributed by atoms with Gasteiger partial charge in [0.1, 0.15) is 5.75 Å². The Labute approximate surface area is 154 Å². The molecule has 0 amide bonds. The fourth-order valence-electron chi connectivity index (χ4n) is 3.16. The summed E-state index contributed by atoms with van der Waals surface area (Å²) in [4.78, 5) is 15.8. The van der Waals surface area contributed by atoms with Gasteiger partial charge in [-0.25, -0.2) is 9.92 Å². The summed E-state index contributed by atoms with van der Waals surface area (Å²) in [6.07, 6.45) is 0. The minimum absolute atomic E-state index is 0.0669. The average Bonchev–Trinajstić information content (AvgIpc) is 2.97. The van der Waals surface area contributed by atoms with E-state index in [1.165, 1.54) is 12.1 Å². The van der Waals surface area contributed by atoms with Gasteiger partial charge >= 0.3 is 0 Å². The Bertz CT molecular complexity index is 1210. The van der Waals surface area contributed by atoms with Crippen LogP contribution >= 0.6 is 0 Å². The first-order valence-electron chi connectivity index (χ1n) is 7.80. The van der Waals surface area contributed by atoms with Crippen LogP contribution in [0.15, 0.2) is 48.5 Å². The van der Waals surface area contributed by atoms with Crippen molar-refractivity contribution in [2.45, 2.75) is 0 Å². The summed E-state index contributed by atoms with van der Waals surface area (Å²) in [5.74, 6) is -0.417. The molecule has 1 aliphatic carbocycles. The van der Waals surface area contributed by atoms with E-state index in [0.717, 1.165) is 0 Å². The van der Waals surface area contributed by atoms with Crippen molar-refractivity contribution in [2.24, 2.45) is 5.14 Å². The van der Waals surface area contributed by atoms with Crippen molar-refractivity contribution >= 4 is 21.7 Å². The molecule has 0 saturated heterocycles. The van der Waals surface area contributed by atoms with E-state index in [-0.39, 0.29) is 34.3 Å². The maximum atomic E-state index is 13.0. The molecule has 0 spiro atoms. The Hall–Kier alpha value is -3.43. The van der Waals surface area contributed by atoms with Crippen LogP contribution in [-0.4, -0.2) is 25.8 Å². The number of ketones is 1. The lowest BCUT2D eigenvalue weighted by molar-refractivity contribution is 0.103. The topological polar surface area (TPSA) is 153 Å². The van der Waals surface area contributed by atoms with E-state index in [9.17, 15) is 14.1 Å². The number of aromatic nitrogens is 1. The number of nitrogens with one attached hydrogen (secondary N) is 3. The number of hydrogen-bond donors (Lipinski definition) is 5. The quantitative estimate of drug-likeness (QED) is 0.369. The molecule has 8 nitrogen and oxygen atoms in total. The van der Waals surface area contributed by atoms with Crippen LogP contribution in [0.4, 0.5) is 0 Å². The molecule has 1 unspecified atom stereocenters. The summed E-state index contributed by atoms with van der Waals surface area (Å²) >= 11 is 0. The molecule has 4 rings (SSSR count). The highest BCUT2D eigenvalue weighted by molar-refractivity contribution is 7.85. The highest BCUT2D eigenvalue weighted by Crippen LogP contribution is 2.39. The molecule has 0 radical (unpaired) electrons. The molecule has 27 heavy (non-hydrogen) atoms. The standard InChI is InChI=1S/C18H14N4O4S/c19-15-11-3-1-2-4-12(11)17(23)14-13(15)18(24)22-16(14)9-5-7-10(8-6-9)26-27(20,21)25/h1-8,19,22,24H,(H3,20,21,25). The second kappa shape index (κ2) is 5.79. The fraction of sp³-hybridized carbons (Fsp3) is 0. The molecular weight excluding hydrogens is 368 g/mol. The first-order valence-corrected chi connectivity index (χ1v) is 9.35. The van der Waals surface area contributed by atoms with Crippen LogP contribution in [0.25, 0.3) is 11.3 Å². The number of carbonyl (C=O) groups is 1. The Morgan fingerprint density at radius 2 is 1.67 bits per heavy atom. The molecule has 1 aliphatic rings. The number of aromatic hydroxyl groups is 1. The van der Waals surface area contributed by atoms with Crippen molar-refractivity contribution in [3.8, 4) is 22.9 Å². The molecule has 3 aromatic rings. The summed E-state index contributed by atoms with van der Waals surface area (Å²) in [5.41, 5.74) is 2.21. The van der Waals surface area contributed by atoms with Crippen molar-refractivity contribution in [2.75, 3.05) is 0 Å². The third kappa shape index (κ3) is 2.78. The van der Waals surface area contributed by atoms with Crippen molar-refractivity contribution in [3.63, 3.8) is 0 Å². The monoisotopic (exact) mass is 382 g/mol. The largest absolute Gasteiger partial charge is 0.494 e. The van der Waals surface area contributed by atoms with Gasteiger partial charge in [0.15, 0.2) is 11.7 Å². The molecule has 2 aromatic carbocycles. The van der Waals surface area contributed by atoms with Gasteiger partial charge in [-0.05, 0) is 29.8 Å². The van der Waals surface area contributed by atoms with Gasteiger partial charge in [0.2, 0.25) is 0 Å². The van der Waals surface area contributed by atoms with Gasteiger partial charge in [-0.15, -0.1) is 0 Å². The van der Waals surface area contributed by atoms with Gasteiger partial charge in [0, 0.05) is 11.1 Å². The second-order valence-corrected chi connectivity index (χ2v) is 7.26. The zero-order chi connectivity index (χ0) is 19.3. The number of aromatic amines is 1. The van der Waals surface area contributed by atoms with Crippen LogP contribution in [0.2, 0.25) is 0 Å². The van der Waals surface area contributed by atoms with Crippen LogP contribution in [0.5, 0.6) is 11.6 Å². The van der Waals surface area contributed by atoms with Crippen LogP contribution in [0.3, 0.4) is 0 Å². The lowest BCUT2D eigenvalue weighted by Gasteiger charge is -2.17. The number of fused-ring (bicyclic) bond motifs is 2. The summed E-state index contributed by atoms with van der Waals surface area (Å²) in [7, 11) is -3.64. The maximum Gasteiger partial charge on any atom is 0.270 e. The Morgan fingerprint density at radius 3 is 2.30 bits per heavy atom. The van der Waals surface area contributed by atoms with Crippen LogP contribution in [-0.2, 0) is 10.2 Å². The van der Waals surface area contributed by atoms with Gasteiger partial charge < -0.3 is 14.3 Å². The Morgan fingerprint density at radius 1 is 1.04 bits per heavy atom. The molecule has 1 aromatic heterocycles. The molecular formula is C18H14N4O4S. The molecule has 1 atom stereocenters. The van der Waals surface area contributed by atoms with Crippen molar-refractivity contribution in [3.05, 3.63) is 70.8 Å². The van der Waals surface area contributed by atoms with E-state index in [1.807, 2.05) is 0 Å². The molecule has 6 N–H and O–H groups in total. The normalized spacial score (nSPS) is 15.0. The highest BCUT2D eigenvalue weighted by Gasteiger charge is 2.34. The molecule has 1 heterocycles. The van der Waals surface area contributed by atoms with E-state index >= 15 is 0 Å². The zero-order valence-electron chi connectivity index (χ0n) is 13.8. The molecule has 9 heteroatoms. The Balaban J connectivity index is 1.83. The average molecular weight is 382 g/mol. The molecule has 0 fully saturated rings. The maximum absolute atomic E-state index is 13.0. The number of benzene rings is 2. The predicted molar refractivity (Wildman–Crippen MR) is 99.4 cm³/mol. The summed E-state index contributed by atoms with van der Waals surface area (Å²) in [6.45, 7) is 0. The van der Waals surface area contributed by atoms with E-state index in [4.69, 9.17) is 19.5 Å². The SMILES string of the molecule is N=C1c2ccccc2C(=O)c2c(-c3ccc(OS(=N)(N)=O)cc3)[nH]c(O)c21. The van der Waals surface area contributed by atoms with Crippen LogP contribution in [0, 0.1) is 10.2 Å². The zero-order valence-corrected chi connectivity index (χ0v) is 14.6. The second-order valence-electron chi connectivity index (χ2n) is 6.00. The van der Waals surface area contributed by atoms with E-state index in [2.05, 4.69) is 4.98 Å². The molecule has 0 aliphatic heterocycles. The first-order chi connectivity index (χ1) is 12.8. The summed E-state index contributed by atoms with van der Waals surface area (Å²) < 4.78 is 23.1. The lowest BCUT2D eigenvalue weighted by Crippen LogP contribution is -2.19. The van der Waals surface area contributed by atoms with E-state index in [1.54, 1.807) is 36.4 Å². The summed E-state index contributed by atoms with van der Waals surface area (Å²) in [5, 5.41) is 23.7. The number of carbonyl (C=O) groups excluding carboxylic acids is 1. The highest BCUT2D eigenvalue weighted by atomic mass is 32.2. The number of nitrogens with two attached hydrogens (primary N) is 1. The van der Waals surface area contributed by atoms with Crippen LogP contribution in [0.1, 0.15) is 27.0 Å². The van der Waals surface area contributed by atoms with Gasteiger partial charge in [0.25, 0.3) is 10.2 Å². The number of H-pyrrole nitrogens is 1. The molecule has 0 bridgehead atoms. The first kappa shape index (κ1) is 17.0. The van der Waals surface area contributed by atoms with Crippen molar-refractivity contribution in [1.82, 2.24) is 4.98 Å².